The number of nitriles is 1. The zero-order chi connectivity index (χ0) is 18.8. The molecule has 1 saturated heterocycles. The first kappa shape index (κ1) is 18.6. The van der Waals surface area contributed by atoms with Crippen LogP contribution in [0.15, 0.2) is 18.3 Å². The Morgan fingerprint density at radius 1 is 1.42 bits per heavy atom. The number of pyridine rings is 1. The molecule has 2 aromatic rings. The molecule has 0 bridgehead atoms. The predicted octanol–water partition coefficient (Wildman–Crippen LogP) is 2.96. The van der Waals surface area contributed by atoms with Crippen molar-refractivity contribution in [2.24, 2.45) is 5.92 Å². The molecule has 1 amide bonds. The smallest absolute Gasteiger partial charge is 0.255 e. The topological polar surface area (TPSA) is 84.2 Å². The fraction of sp³-hybridized carbons (Fsp3) is 0.389. The lowest BCUT2D eigenvalue weighted by molar-refractivity contribution is -0.123. The fourth-order valence-corrected chi connectivity index (χ4v) is 3.76. The third-order valence-corrected chi connectivity index (χ3v) is 5.44. The summed E-state index contributed by atoms with van der Waals surface area (Å²) in [4.78, 5) is 15.9. The van der Waals surface area contributed by atoms with E-state index in [2.05, 4.69) is 39.0 Å². The molecule has 0 unspecified atom stereocenters. The first-order valence-electron chi connectivity index (χ1n) is 8.13. The van der Waals surface area contributed by atoms with Gasteiger partial charge in [-0.25, -0.2) is 9.37 Å². The van der Waals surface area contributed by atoms with E-state index < -0.39 is 24.0 Å². The monoisotopic (exact) mass is 469 g/mol. The molecule has 2 heterocycles. The maximum absolute atomic E-state index is 13.9. The number of rotatable bonds is 5. The number of nitrogens with one attached hydrogen (secondary N) is 1. The summed E-state index contributed by atoms with van der Waals surface area (Å²) < 4.78 is 25.9. The lowest BCUT2D eigenvalue weighted by atomic mass is 9.97. The molecule has 1 aromatic carbocycles. The quantitative estimate of drug-likeness (QED) is 0.681. The van der Waals surface area contributed by atoms with Gasteiger partial charge in [-0.2, -0.15) is 5.26 Å². The van der Waals surface area contributed by atoms with E-state index >= 15 is 0 Å². The number of halogens is 2. The second-order valence-corrected chi connectivity index (χ2v) is 7.18. The molecule has 3 atom stereocenters. The molecule has 1 fully saturated rings. The van der Waals surface area contributed by atoms with Crippen LogP contribution in [-0.4, -0.2) is 36.8 Å². The summed E-state index contributed by atoms with van der Waals surface area (Å²) >= 11 is 2.14. The normalized spacial score (nSPS) is 22.1. The Hall–Kier alpha value is -2.15. The number of hydrogen-bond acceptors (Lipinski definition) is 5. The summed E-state index contributed by atoms with van der Waals surface area (Å²) in [5.41, 5.74) is 0.421. The van der Waals surface area contributed by atoms with Crippen molar-refractivity contribution < 1.29 is 18.7 Å². The van der Waals surface area contributed by atoms with E-state index in [-0.39, 0.29) is 6.61 Å². The van der Waals surface area contributed by atoms with Gasteiger partial charge in [-0.05, 0) is 41.1 Å². The molecule has 26 heavy (non-hydrogen) atoms. The molecule has 0 aliphatic carbocycles. The van der Waals surface area contributed by atoms with E-state index in [9.17, 15) is 14.4 Å². The highest BCUT2D eigenvalue weighted by atomic mass is 127. The van der Waals surface area contributed by atoms with Crippen molar-refractivity contribution >= 4 is 39.3 Å². The highest BCUT2D eigenvalue weighted by Crippen LogP contribution is 2.33. The van der Waals surface area contributed by atoms with Gasteiger partial charge in [0.25, 0.3) is 5.91 Å². The zero-order valence-corrected chi connectivity index (χ0v) is 16.4. The number of aromatic nitrogens is 1. The molecule has 3 rings (SSSR count). The van der Waals surface area contributed by atoms with Crippen LogP contribution in [0.5, 0.6) is 11.6 Å². The number of nitrogens with zero attached hydrogens (tertiary/aromatic N) is 2. The van der Waals surface area contributed by atoms with E-state index in [1.165, 1.54) is 7.11 Å². The third-order valence-electron chi connectivity index (χ3n) is 4.58. The summed E-state index contributed by atoms with van der Waals surface area (Å²) in [5, 5.41) is 13.4. The first-order valence-corrected chi connectivity index (χ1v) is 9.21. The van der Waals surface area contributed by atoms with Crippen LogP contribution in [0.25, 0.3) is 10.8 Å². The molecule has 0 radical (unpaired) electrons. The highest BCUT2D eigenvalue weighted by Gasteiger charge is 2.41. The zero-order valence-electron chi connectivity index (χ0n) is 14.3. The van der Waals surface area contributed by atoms with Gasteiger partial charge in [0.05, 0.1) is 18.7 Å². The molecular formula is C18H17FIN3O3. The summed E-state index contributed by atoms with van der Waals surface area (Å²) in [6.45, 7) is 1.97. The van der Waals surface area contributed by atoms with Crippen LogP contribution in [0.3, 0.4) is 0 Å². The Kier molecular flexibility index (Phi) is 5.46. The molecule has 0 spiro atoms. The summed E-state index contributed by atoms with van der Waals surface area (Å²) in [6.07, 6.45) is 0.677. The number of carbonyl (C=O) groups excluding carboxylic acids is 1. The molecule has 6 nitrogen and oxygen atoms in total. The Bertz CT molecular complexity index is 899. The predicted molar refractivity (Wildman–Crippen MR) is 102 cm³/mol. The van der Waals surface area contributed by atoms with Crippen molar-refractivity contribution in [3.63, 3.8) is 0 Å². The standard InChI is InChI=1S/C18H17FIN3O3/c1-3-10-14(23-17(24)16(10)19)8-26-18-12-5-15(25-2)9(6-21)4-11(12)13(20)7-22-18/h4-5,7,10,14,16H,3,8H2,1-2H3,(H,23,24)/t10-,14+,16-/m0/s1. The minimum atomic E-state index is -1.51. The van der Waals surface area contributed by atoms with Gasteiger partial charge in [0.1, 0.15) is 18.4 Å². The minimum Gasteiger partial charge on any atom is -0.495 e. The number of alkyl halides is 1. The number of hydrogen-bond donors (Lipinski definition) is 1. The molecule has 1 aliphatic rings. The maximum atomic E-state index is 13.9. The van der Waals surface area contributed by atoms with E-state index in [0.717, 1.165) is 8.96 Å². The summed E-state index contributed by atoms with van der Waals surface area (Å²) in [5.74, 6) is -0.226. The van der Waals surface area contributed by atoms with Gasteiger partial charge in [-0.3, -0.25) is 4.79 Å². The lowest BCUT2D eigenvalue weighted by Crippen LogP contribution is -2.34. The largest absolute Gasteiger partial charge is 0.495 e. The summed E-state index contributed by atoms with van der Waals surface area (Å²) in [7, 11) is 1.49. The van der Waals surface area contributed by atoms with Crippen LogP contribution in [-0.2, 0) is 4.79 Å². The van der Waals surface area contributed by atoms with Crippen LogP contribution in [0, 0.1) is 20.8 Å². The number of benzene rings is 1. The van der Waals surface area contributed by atoms with Crippen LogP contribution in [0.4, 0.5) is 4.39 Å². The Balaban J connectivity index is 1.92. The van der Waals surface area contributed by atoms with Gasteiger partial charge in [-0.15, -0.1) is 0 Å². The lowest BCUT2D eigenvalue weighted by Gasteiger charge is -2.19. The SMILES string of the molecule is CC[C@@H]1[C@H](F)C(=O)N[C@@H]1COc1ncc(I)c2cc(C#N)c(OC)cc12. The van der Waals surface area contributed by atoms with Crippen LogP contribution in [0.1, 0.15) is 18.9 Å². The van der Waals surface area contributed by atoms with Crippen molar-refractivity contribution in [3.8, 4) is 17.7 Å². The Morgan fingerprint density at radius 3 is 2.85 bits per heavy atom. The van der Waals surface area contributed by atoms with E-state index in [0.29, 0.717) is 29.0 Å². The van der Waals surface area contributed by atoms with Crippen LogP contribution < -0.4 is 14.8 Å². The first-order chi connectivity index (χ1) is 12.5. The minimum absolute atomic E-state index is 0.121. The van der Waals surface area contributed by atoms with Gasteiger partial charge in [-0.1, -0.05) is 6.92 Å². The van der Waals surface area contributed by atoms with Crippen molar-refractivity contribution in [2.45, 2.75) is 25.6 Å². The van der Waals surface area contributed by atoms with E-state index in [4.69, 9.17) is 9.47 Å². The van der Waals surface area contributed by atoms with Gasteiger partial charge < -0.3 is 14.8 Å². The van der Waals surface area contributed by atoms with Crippen molar-refractivity contribution in [1.82, 2.24) is 10.3 Å². The maximum Gasteiger partial charge on any atom is 0.255 e. The molecule has 8 heteroatoms. The number of fused-ring (bicyclic) bond motifs is 1. The van der Waals surface area contributed by atoms with Gasteiger partial charge >= 0.3 is 0 Å². The van der Waals surface area contributed by atoms with Gasteiger partial charge in [0.15, 0.2) is 6.17 Å². The van der Waals surface area contributed by atoms with Crippen molar-refractivity contribution in [1.29, 1.82) is 5.26 Å². The fourth-order valence-electron chi connectivity index (χ4n) is 3.17. The third kappa shape index (κ3) is 3.28. The average molecular weight is 469 g/mol. The Labute approximate surface area is 163 Å². The Morgan fingerprint density at radius 2 is 2.19 bits per heavy atom. The molecule has 1 aliphatic heterocycles. The molecule has 0 saturated carbocycles. The molecule has 1 aromatic heterocycles. The molecular weight excluding hydrogens is 452 g/mol. The number of amides is 1. The second kappa shape index (κ2) is 7.61. The van der Waals surface area contributed by atoms with Crippen molar-refractivity contribution in [2.75, 3.05) is 13.7 Å². The average Bonchev–Trinajstić information content (AvgIpc) is 2.93. The second-order valence-electron chi connectivity index (χ2n) is 6.02. The number of methoxy groups -OCH3 is 1. The van der Waals surface area contributed by atoms with Crippen LogP contribution in [0.2, 0.25) is 0 Å². The molecule has 1 N–H and O–H groups in total. The summed E-state index contributed by atoms with van der Waals surface area (Å²) in [6, 6.07) is 5.14. The molecule has 136 valence electrons. The van der Waals surface area contributed by atoms with Gasteiger partial charge in [0, 0.05) is 26.5 Å². The highest BCUT2D eigenvalue weighted by molar-refractivity contribution is 14.1. The van der Waals surface area contributed by atoms with Crippen LogP contribution >= 0.6 is 22.6 Å². The van der Waals surface area contributed by atoms with Crippen molar-refractivity contribution in [3.05, 3.63) is 27.5 Å². The van der Waals surface area contributed by atoms with E-state index in [1.54, 1.807) is 18.3 Å². The number of carbonyl (C=O) groups is 1. The van der Waals surface area contributed by atoms with E-state index in [1.807, 2.05) is 6.92 Å². The number of ether oxygens (including phenoxy) is 2. The van der Waals surface area contributed by atoms with Gasteiger partial charge in [0.2, 0.25) is 5.88 Å².